The molecule has 11 heteroatoms. The van der Waals surface area contributed by atoms with Gasteiger partial charge >= 0.3 is 5.97 Å². The van der Waals surface area contributed by atoms with Crippen LogP contribution >= 0.6 is 12.6 Å². The van der Waals surface area contributed by atoms with Crippen LogP contribution in [0.3, 0.4) is 0 Å². The van der Waals surface area contributed by atoms with E-state index in [9.17, 15) is 24.3 Å². The van der Waals surface area contributed by atoms with Gasteiger partial charge in [-0.25, -0.2) is 4.79 Å². The summed E-state index contributed by atoms with van der Waals surface area (Å²) in [6, 6.07) is -3.23. The summed E-state index contributed by atoms with van der Waals surface area (Å²) < 4.78 is 0. The minimum atomic E-state index is -1.14. The number of carboxylic acids is 1. The predicted molar refractivity (Wildman–Crippen MR) is 121 cm³/mol. The Morgan fingerprint density at radius 3 is 2.23 bits per heavy atom. The molecule has 1 saturated heterocycles. The molecule has 1 rings (SSSR count). The fourth-order valence-electron chi connectivity index (χ4n) is 3.37. The molecule has 4 unspecified atom stereocenters. The van der Waals surface area contributed by atoms with Crippen LogP contribution in [0.2, 0.25) is 0 Å². The van der Waals surface area contributed by atoms with Crippen molar-refractivity contribution in [1.82, 2.24) is 21.3 Å². The van der Waals surface area contributed by atoms with E-state index in [1.54, 1.807) is 0 Å². The lowest BCUT2D eigenvalue weighted by atomic mass is 10.0. The Hall–Kier alpha value is -1.85. The number of carboxylic acid groups (broad SMARTS) is 1. The molecule has 0 saturated carbocycles. The summed E-state index contributed by atoms with van der Waals surface area (Å²) in [5.41, 5.74) is 5.53. The lowest BCUT2D eigenvalue weighted by molar-refractivity contribution is -0.142. The quantitative estimate of drug-likeness (QED) is 0.134. The molecule has 1 heterocycles. The summed E-state index contributed by atoms with van der Waals surface area (Å²) in [5, 5.41) is 20.3. The molecule has 4 atom stereocenters. The summed E-state index contributed by atoms with van der Waals surface area (Å²) in [5.74, 6) is -2.47. The zero-order chi connectivity index (χ0) is 23.4. The lowest BCUT2D eigenvalue weighted by Gasteiger charge is -2.25. The zero-order valence-corrected chi connectivity index (χ0v) is 19.2. The summed E-state index contributed by atoms with van der Waals surface area (Å²) in [4.78, 5) is 49.3. The van der Waals surface area contributed by atoms with Gasteiger partial charge < -0.3 is 32.1 Å². The number of amides is 3. The van der Waals surface area contributed by atoms with Crippen LogP contribution in [0.25, 0.3) is 0 Å². The van der Waals surface area contributed by atoms with Gasteiger partial charge in [0.05, 0.1) is 6.04 Å². The standard InChI is InChI=1S/C20H37N5O5S/c1-12(2)10-15(20(29)30)24-19(28)16(11-31)25-18(27)14(6-3-4-8-21)23-17(26)13-7-5-9-22-13/h12-16,22,31H,3-11,21H2,1-2H3,(H,23,26)(H,24,28)(H,25,27)(H,29,30). The van der Waals surface area contributed by atoms with Crippen LogP contribution in [0.4, 0.5) is 0 Å². The number of thiol groups is 1. The highest BCUT2D eigenvalue weighted by Gasteiger charge is 2.31. The molecule has 0 aromatic carbocycles. The maximum Gasteiger partial charge on any atom is 0.326 e. The second-order valence-corrected chi connectivity index (χ2v) is 8.63. The maximum atomic E-state index is 12.9. The molecule has 1 aliphatic rings. The minimum Gasteiger partial charge on any atom is -0.480 e. The first-order valence-corrected chi connectivity index (χ1v) is 11.5. The van der Waals surface area contributed by atoms with E-state index in [-0.39, 0.29) is 30.0 Å². The smallest absolute Gasteiger partial charge is 0.326 e. The molecule has 1 fully saturated rings. The average Bonchev–Trinajstić information content (AvgIpc) is 3.25. The highest BCUT2D eigenvalue weighted by Crippen LogP contribution is 2.09. The third-order valence-electron chi connectivity index (χ3n) is 5.09. The van der Waals surface area contributed by atoms with Crippen LogP contribution in [0, 0.1) is 5.92 Å². The van der Waals surface area contributed by atoms with Gasteiger partial charge in [0.25, 0.3) is 0 Å². The molecule has 7 N–H and O–H groups in total. The second-order valence-electron chi connectivity index (χ2n) is 8.27. The van der Waals surface area contributed by atoms with E-state index < -0.39 is 35.9 Å². The van der Waals surface area contributed by atoms with Gasteiger partial charge in [-0.1, -0.05) is 13.8 Å². The Bertz CT molecular complexity index is 613. The number of nitrogens with two attached hydrogens (primary N) is 1. The molecule has 0 aliphatic carbocycles. The molecular weight excluding hydrogens is 422 g/mol. The monoisotopic (exact) mass is 459 g/mol. The third kappa shape index (κ3) is 9.88. The zero-order valence-electron chi connectivity index (χ0n) is 18.4. The minimum absolute atomic E-state index is 0.0146. The molecule has 31 heavy (non-hydrogen) atoms. The number of carbonyl (C=O) groups excluding carboxylic acids is 3. The van der Waals surface area contributed by atoms with Crippen LogP contribution < -0.4 is 27.0 Å². The molecule has 3 amide bonds. The molecular formula is C20H37N5O5S. The van der Waals surface area contributed by atoms with Crippen molar-refractivity contribution >= 4 is 36.3 Å². The molecule has 0 bridgehead atoms. The Morgan fingerprint density at radius 1 is 1.06 bits per heavy atom. The first-order valence-electron chi connectivity index (χ1n) is 10.9. The van der Waals surface area contributed by atoms with Crippen LogP contribution in [-0.4, -0.2) is 71.8 Å². The van der Waals surface area contributed by atoms with Crippen molar-refractivity contribution in [3.05, 3.63) is 0 Å². The summed E-state index contributed by atoms with van der Waals surface area (Å²) >= 11 is 4.13. The Labute approximate surface area is 189 Å². The summed E-state index contributed by atoms with van der Waals surface area (Å²) in [6.07, 6.45) is 3.59. The van der Waals surface area contributed by atoms with E-state index in [4.69, 9.17) is 5.73 Å². The number of unbranched alkanes of at least 4 members (excludes halogenated alkanes) is 1. The van der Waals surface area contributed by atoms with Gasteiger partial charge in [0.2, 0.25) is 17.7 Å². The topological polar surface area (TPSA) is 163 Å². The molecule has 10 nitrogen and oxygen atoms in total. The van der Waals surface area contributed by atoms with E-state index in [1.165, 1.54) is 0 Å². The van der Waals surface area contributed by atoms with Gasteiger partial charge in [-0.05, 0) is 57.5 Å². The van der Waals surface area contributed by atoms with Gasteiger partial charge in [0.1, 0.15) is 18.1 Å². The predicted octanol–water partition coefficient (Wildman–Crippen LogP) is -0.618. The highest BCUT2D eigenvalue weighted by molar-refractivity contribution is 7.80. The Morgan fingerprint density at radius 2 is 1.71 bits per heavy atom. The fraction of sp³-hybridized carbons (Fsp3) is 0.800. The van der Waals surface area contributed by atoms with E-state index in [1.807, 2.05) is 13.8 Å². The first-order chi connectivity index (χ1) is 14.7. The van der Waals surface area contributed by atoms with Crippen molar-refractivity contribution in [2.75, 3.05) is 18.8 Å². The number of aliphatic carboxylic acids is 1. The Balaban J connectivity index is 2.77. The number of hydrogen-bond donors (Lipinski definition) is 7. The van der Waals surface area contributed by atoms with Crippen LogP contribution in [-0.2, 0) is 19.2 Å². The lowest BCUT2D eigenvalue weighted by Crippen LogP contribution is -2.57. The Kier molecular flexibility index (Phi) is 12.5. The van der Waals surface area contributed by atoms with E-state index in [2.05, 4.69) is 33.9 Å². The first kappa shape index (κ1) is 27.2. The van der Waals surface area contributed by atoms with E-state index in [0.717, 1.165) is 13.0 Å². The largest absolute Gasteiger partial charge is 0.480 e. The van der Waals surface area contributed by atoms with Crippen molar-refractivity contribution in [2.45, 2.75) is 76.5 Å². The van der Waals surface area contributed by atoms with Crippen molar-refractivity contribution in [2.24, 2.45) is 11.7 Å². The summed E-state index contributed by atoms with van der Waals surface area (Å²) in [7, 11) is 0. The van der Waals surface area contributed by atoms with Crippen molar-refractivity contribution < 1.29 is 24.3 Å². The second kappa shape index (κ2) is 14.3. The van der Waals surface area contributed by atoms with Gasteiger partial charge in [-0.2, -0.15) is 12.6 Å². The molecule has 1 aliphatic heterocycles. The molecule has 0 aromatic heterocycles. The normalized spacial score (nSPS) is 18.8. The maximum absolute atomic E-state index is 12.9. The van der Waals surface area contributed by atoms with Gasteiger partial charge in [-0.3, -0.25) is 14.4 Å². The third-order valence-corrected chi connectivity index (χ3v) is 5.46. The van der Waals surface area contributed by atoms with Gasteiger partial charge in [0, 0.05) is 5.75 Å². The molecule has 0 aromatic rings. The molecule has 178 valence electrons. The highest BCUT2D eigenvalue weighted by atomic mass is 32.1. The van der Waals surface area contributed by atoms with Gasteiger partial charge in [0.15, 0.2) is 0 Å². The van der Waals surface area contributed by atoms with Crippen LogP contribution in [0.5, 0.6) is 0 Å². The molecule has 0 spiro atoms. The number of nitrogens with one attached hydrogen (secondary N) is 4. The van der Waals surface area contributed by atoms with Crippen molar-refractivity contribution in [1.29, 1.82) is 0 Å². The van der Waals surface area contributed by atoms with Crippen molar-refractivity contribution in [3.63, 3.8) is 0 Å². The van der Waals surface area contributed by atoms with Crippen LogP contribution in [0.1, 0.15) is 52.4 Å². The van der Waals surface area contributed by atoms with E-state index >= 15 is 0 Å². The average molecular weight is 460 g/mol. The van der Waals surface area contributed by atoms with Gasteiger partial charge in [-0.15, -0.1) is 0 Å². The number of carbonyl (C=O) groups is 4. The van der Waals surface area contributed by atoms with Crippen molar-refractivity contribution in [3.8, 4) is 0 Å². The fourth-order valence-corrected chi connectivity index (χ4v) is 3.63. The molecule has 0 radical (unpaired) electrons. The van der Waals surface area contributed by atoms with Crippen LogP contribution in [0.15, 0.2) is 0 Å². The number of rotatable bonds is 14. The number of hydrogen-bond acceptors (Lipinski definition) is 7. The van der Waals surface area contributed by atoms with E-state index in [0.29, 0.717) is 32.2 Å². The SMILES string of the molecule is CC(C)CC(NC(=O)C(CS)NC(=O)C(CCCCN)NC(=O)C1CCCN1)C(=O)O. The summed E-state index contributed by atoms with van der Waals surface area (Å²) in [6.45, 7) is 4.94.